The summed E-state index contributed by atoms with van der Waals surface area (Å²) in [6, 6.07) is 16.4. The molecule has 3 aromatic rings. The second kappa shape index (κ2) is 7.46. The van der Waals surface area contributed by atoms with Crippen molar-refractivity contribution >= 4 is 10.8 Å². The van der Waals surface area contributed by atoms with Crippen molar-refractivity contribution in [1.82, 2.24) is 0 Å². The fraction of sp³-hybridized carbons (Fsp3) is 0.423. The van der Waals surface area contributed by atoms with Crippen LogP contribution in [0.4, 0.5) is 0 Å². The van der Waals surface area contributed by atoms with E-state index >= 15 is 0 Å². The van der Waals surface area contributed by atoms with Crippen LogP contribution in [0.15, 0.2) is 48.7 Å². The van der Waals surface area contributed by atoms with E-state index in [-0.39, 0.29) is 0 Å². The Balaban J connectivity index is 1.87. The minimum Gasteiger partial charge on any atom is -0.200 e. The number of hydrogen-bond acceptors (Lipinski definition) is 0. The van der Waals surface area contributed by atoms with E-state index in [1.54, 1.807) is 0 Å². The van der Waals surface area contributed by atoms with Gasteiger partial charge in [0, 0.05) is 11.6 Å². The Bertz CT molecular complexity index is 961. The maximum atomic E-state index is 2.48. The van der Waals surface area contributed by atoms with Crippen LogP contribution < -0.4 is 4.57 Å². The molecule has 0 N–H and O–H groups in total. The molecule has 1 nitrogen and oxygen atoms in total. The first-order valence-corrected chi connectivity index (χ1v) is 10.6. The summed E-state index contributed by atoms with van der Waals surface area (Å²) in [7, 11) is 2.18. The number of aryl methyl sites for hydroxylation is 2. The van der Waals surface area contributed by atoms with Gasteiger partial charge in [-0.3, -0.25) is 0 Å². The van der Waals surface area contributed by atoms with Gasteiger partial charge in [0.25, 0.3) is 0 Å². The van der Waals surface area contributed by atoms with Crippen LogP contribution in [0.3, 0.4) is 0 Å². The smallest absolute Gasteiger partial charge is 0.200 e. The molecule has 0 spiro atoms. The molecule has 1 heterocycles. The molecule has 0 atom stereocenters. The summed E-state index contributed by atoms with van der Waals surface area (Å²) < 4.78 is 2.30. The van der Waals surface area contributed by atoms with Crippen LogP contribution >= 0.6 is 0 Å². The van der Waals surface area contributed by atoms with Crippen LogP contribution in [-0.2, 0) is 7.05 Å². The predicted molar refractivity (Wildman–Crippen MR) is 115 cm³/mol. The molecule has 4 rings (SSSR count). The molecule has 0 amide bonds. The fourth-order valence-corrected chi connectivity index (χ4v) is 4.67. The minimum absolute atomic E-state index is 0.558. The third-order valence-corrected chi connectivity index (χ3v) is 6.42. The first kappa shape index (κ1) is 18.2. The summed E-state index contributed by atoms with van der Waals surface area (Å²) in [6.07, 6.45) is 9.09. The highest BCUT2D eigenvalue weighted by Crippen LogP contribution is 2.36. The average Bonchev–Trinajstić information content (AvgIpc) is 2.69. The van der Waals surface area contributed by atoms with Gasteiger partial charge in [-0.1, -0.05) is 57.4 Å². The van der Waals surface area contributed by atoms with Crippen molar-refractivity contribution in [1.29, 1.82) is 0 Å². The molecule has 1 aromatic heterocycles. The Morgan fingerprint density at radius 3 is 2.44 bits per heavy atom. The second-order valence-electron chi connectivity index (χ2n) is 8.69. The Morgan fingerprint density at radius 1 is 0.926 bits per heavy atom. The third kappa shape index (κ3) is 3.52. The standard InChI is InChI=1S/C26H32N/c1-18(2)21-12-13-24-23(16-21)14-15-27(4)26(24)25-17-22(11-10-19(25)3)20-8-6-5-7-9-20/h10-18,20H,5-9H2,1-4H3/q+1. The van der Waals surface area contributed by atoms with Crippen LogP contribution in [0, 0.1) is 6.92 Å². The Hall–Kier alpha value is -2.15. The van der Waals surface area contributed by atoms with Gasteiger partial charge in [0.2, 0.25) is 5.69 Å². The van der Waals surface area contributed by atoms with Crippen LogP contribution in [0.25, 0.3) is 22.0 Å². The molecule has 1 saturated carbocycles. The summed E-state index contributed by atoms with van der Waals surface area (Å²) >= 11 is 0. The molecule has 1 aliphatic rings. The van der Waals surface area contributed by atoms with Crippen LogP contribution in [0.1, 0.15) is 74.5 Å². The molecule has 0 unspecified atom stereocenters. The topological polar surface area (TPSA) is 3.88 Å². The molecule has 27 heavy (non-hydrogen) atoms. The van der Waals surface area contributed by atoms with Gasteiger partial charge < -0.3 is 0 Å². The summed E-state index contributed by atoms with van der Waals surface area (Å²) in [6.45, 7) is 6.78. The van der Waals surface area contributed by atoms with Gasteiger partial charge in [0.15, 0.2) is 6.20 Å². The number of pyridine rings is 1. The Morgan fingerprint density at radius 2 is 1.70 bits per heavy atom. The van der Waals surface area contributed by atoms with Gasteiger partial charge in [0.1, 0.15) is 7.05 Å². The molecule has 140 valence electrons. The molecule has 1 aliphatic carbocycles. The first-order chi connectivity index (χ1) is 13.0. The van der Waals surface area contributed by atoms with E-state index in [0.29, 0.717) is 5.92 Å². The van der Waals surface area contributed by atoms with Crippen molar-refractivity contribution in [2.75, 3.05) is 0 Å². The second-order valence-corrected chi connectivity index (χ2v) is 8.69. The van der Waals surface area contributed by atoms with E-state index in [2.05, 4.69) is 81.0 Å². The van der Waals surface area contributed by atoms with Gasteiger partial charge in [0.05, 0.1) is 5.39 Å². The van der Waals surface area contributed by atoms with Gasteiger partial charge in [-0.15, -0.1) is 0 Å². The van der Waals surface area contributed by atoms with Crippen molar-refractivity contribution in [3.8, 4) is 11.3 Å². The molecule has 1 fully saturated rings. The molecule has 0 saturated heterocycles. The zero-order valence-corrected chi connectivity index (χ0v) is 17.3. The SMILES string of the molecule is Cc1ccc(C2CCCCC2)cc1-c1c2ccc(C(C)C)cc2cc[n+]1C. The maximum Gasteiger partial charge on any atom is 0.220 e. The summed E-state index contributed by atoms with van der Waals surface area (Å²) in [4.78, 5) is 0. The quantitative estimate of drug-likeness (QED) is 0.453. The zero-order chi connectivity index (χ0) is 19.0. The van der Waals surface area contributed by atoms with E-state index in [9.17, 15) is 0 Å². The van der Waals surface area contributed by atoms with E-state index in [1.165, 1.54) is 70.8 Å². The van der Waals surface area contributed by atoms with Gasteiger partial charge in [-0.05, 0) is 65.8 Å². The lowest BCUT2D eigenvalue weighted by molar-refractivity contribution is -0.659. The van der Waals surface area contributed by atoms with Gasteiger partial charge in [-0.2, -0.15) is 0 Å². The number of fused-ring (bicyclic) bond motifs is 1. The monoisotopic (exact) mass is 358 g/mol. The molecular weight excluding hydrogens is 326 g/mol. The van der Waals surface area contributed by atoms with Crippen molar-refractivity contribution in [3.63, 3.8) is 0 Å². The number of aromatic nitrogens is 1. The highest BCUT2D eigenvalue weighted by atomic mass is 14.9. The Kier molecular flexibility index (Phi) is 5.04. The predicted octanol–water partition coefficient (Wildman–Crippen LogP) is 6.81. The Labute approximate surface area is 164 Å². The molecule has 1 heteroatoms. The van der Waals surface area contributed by atoms with Crippen molar-refractivity contribution in [3.05, 3.63) is 65.4 Å². The number of rotatable bonds is 3. The minimum atomic E-state index is 0.558. The van der Waals surface area contributed by atoms with Gasteiger partial charge >= 0.3 is 0 Å². The number of nitrogens with zero attached hydrogens (tertiary/aromatic N) is 1. The lowest BCUT2D eigenvalue weighted by Crippen LogP contribution is -2.30. The fourth-order valence-electron chi connectivity index (χ4n) is 4.67. The lowest BCUT2D eigenvalue weighted by Gasteiger charge is -2.23. The maximum absolute atomic E-state index is 2.48. The third-order valence-electron chi connectivity index (χ3n) is 6.42. The number of hydrogen-bond donors (Lipinski definition) is 0. The van der Waals surface area contributed by atoms with Crippen LogP contribution in [0.5, 0.6) is 0 Å². The largest absolute Gasteiger partial charge is 0.220 e. The molecule has 0 radical (unpaired) electrons. The summed E-state index contributed by atoms with van der Waals surface area (Å²) in [5, 5.41) is 2.70. The van der Waals surface area contributed by atoms with Crippen molar-refractivity contribution in [2.45, 2.75) is 64.7 Å². The molecular formula is C26H32N+. The average molecular weight is 359 g/mol. The summed E-state index contributed by atoms with van der Waals surface area (Å²) in [5.41, 5.74) is 7.05. The normalized spacial score (nSPS) is 15.6. The first-order valence-electron chi connectivity index (χ1n) is 10.6. The molecule has 0 bridgehead atoms. The van der Waals surface area contributed by atoms with E-state index in [0.717, 1.165) is 5.92 Å². The van der Waals surface area contributed by atoms with Crippen molar-refractivity contribution in [2.24, 2.45) is 7.05 Å². The highest BCUT2D eigenvalue weighted by Gasteiger charge is 2.21. The zero-order valence-electron chi connectivity index (χ0n) is 17.3. The van der Waals surface area contributed by atoms with E-state index in [4.69, 9.17) is 0 Å². The molecule has 2 aromatic carbocycles. The van der Waals surface area contributed by atoms with E-state index < -0.39 is 0 Å². The van der Waals surface area contributed by atoms with Crippen LogP contribution in [0.2, 0.25) is 0 Å². The summed E-state index contributed by atoms with van der Waals surface area (Å²) in [5.74, 6) is 1.30. The lowest BCUT2D eigenvalue weighted by atomic mass is 9.82. The molecule has 0 aliphatic heterocycles. The highest BCUT2D eigenvalue weighted by molar-refractivity contribution is 5.94. The van der Waals surface area contributed by atoms with E-state index in [1.807, 2.05) is 0 Å². The number of benzene rings is 2. The van der Waals surface area contributed by atoms with Crippen molar-refractivity contribution < 1.29 is 4.57 Å². The van der Waals surface area contributed by atoms with Crippen LogP contribution in [-0.4, -0.2) is 0 Å². The van der Waals surface area contributed by atoms with Gasteiger partial charge in [-0.25, -0.2) is 4.57 Å².